The fraction of sp³-hybridized carbons (Fsp3) is 0.400. The van der Waals surface area contributed by atoms with Gasteiger partial charge in [-0.2, -0.15) is 0 Å². The highest BCUT2D eigenvalue weighted by Crippen LogP contribution is 1.98. The SMILES string of the molecule is COCOCCc1cc[c]cc1. The fourth-order valence-electron chi connectivity index (χ4n) is 0.920. The molecule has 0 fully saturated rings. The molecule has 0 bridgehead atoms. The predicted molar refractivity (Wildman–Crippen MR) is 46.8 cm³/mol. The van der Waals surface area contributed by atoms with Crippen LogP contribution in [0.15, 0.2) is 24.3 Å². The number of hydrogen-bond donors (Lipinski definition) is 0. The molecule has 65 valence electrons. The molecule has 0 aromatic heterocycles. The van der Waals surface area contributed by atoms with Gasteiger partial charge < -0.3 is 9.47 Å². The molecular weight excluding hydrogens is 152 g/mol. The lowest BCUT2D eigenvalue weighted by Gasteiger charge is -2.01. The van der Waals surface area contributed by atoms with Gasteiger partial charge in [-0.15, -0.1) is 0 Å². The first-order valence-electron chi connectivity index (χ1n) is 3.95. The van der Waals surface area contributed by atoms with Crippen LogP contribution in [0.4, 0.5) is 0 Å². The second-order valence-corrected chi connectivity index (χ2v) is 2.47. The van der Waals surface area contributed by atoms with E-state index >= 15 is 0 Å². The van der Waals surface area contributed by atoms with Gasteiger partial charge in [0.15, 0.2) is 0 Å². The Hall–Kier alpha value is -0.860. The van der Waals surface area contributed by atoms with Crippen LogP contribution in [0.3, 0.4) is 0 Å². The fourth-order valence-corrected chi connectivity index (χ4v) is 0.920. The van der Waals surface area contributed by atoms with Crippen molar-refractivity contribution in [2.45, 2.75) is 6.42 Å². The summed E-state index contributed by atoms with van der Waals surface area (Å²) in [5.41, 5.74) is 1.27. The van der Waals surface area contributed by atoms with Gasteiger partial charge >= 0.3 is 0 Å². The molecule has 1 rings (SSSR count). The van der Waals surface area contributed by atoms with Crippen LogP contribution in [0, 0.1) is 6.07 Å². The van der Waals surface area contributed by atoms with E-state index in [-0.39, 0.29) is 0 Å². The molecule has 0 N–H and O–H groups in total. The van der Waals surface area contributed by atoms with Gasteiger partial charge in [-0.3, -0.25) is 0 Å². The summed E-state index contributed by atoms with van der Waals surface area (Å²) >= 11 is 0. The predicted octanol–water partition coefficient (Wildman–Crippen LogP) is 1.65. The number of rotatable bonds is 5. The number of hydrogen-bond acceptors (Lipinski definition) is 2. The van der Waals surface area contributed by atoms with E-state index in [1.807, 2.05) is 24.3 Å². The summed E-state index contributed by atoms with van der Waals surface area (Å²) in [5, 5.41) is 0. The maximum atomic E-state index is 5.15. The smallest absolute Gasteiger partial charge is 0.146 e. The van der Waals surface area contributed by atoms with Gasteiger partial charge in [0.05, 0.1) is 6.61 Å². The average Bonchev–Trinajstić information content (AvgIpc) is 2.14. The van der Waals surface area contributed by atoms with Crippen molar-refractivity contribution < 1.29 is 9.47 Å². The minimum absolute atomic E-state index is 0.374. The largest absolute Gasteiger partial charge is 0.359 e. The van der Waals surface area contributed by atoms with Crippen LogP contribution in [-0.4, -0.2) is 20.5 Å². The molecule has 0 atom stereocenters. The quantitative estimate of drug-likeness (QED) is 0.488. The summed E-state index contributed by atoms with van der Waals surface area (Å²) in [7, 11) is 1.62. The Labute approximate surface area is 73.1 Å². The molecule has 0 aliphatic rings. The van der Waals surface area contributed by atoms with E-state index < -0.39 is 0 Å². The van der Waals surface area contributed by atoms with E-state index in [4.69, 9.17) is 9.47 Å². The molecule has 0 aliphatic carbocycles. The highest BCUT2D eigenvalue weighted by Gasteiger charge is 1.90. The zero-order valence-electron chi connectivity index (χ0n) is 7.25. The van der Waals surface area contributed by atoms with Gasteiger partial charge in [0, 0.05) is 7.11 Å². The van der Waals surface area contributed by atoms with E-state index in [1.54, 1.807) is 7.11 Å². The molecule has 2 nitrogen and oxygen atoms in total. The van der Waals surface area contributed by atoms with Crippen molar-refractivity contribution in [2.24, 2.45) is 0 Å². The summed E-state index contributed by atoms with van der Waals surface area (Å²) in [4.78, 5) is 0. The van der Waals surface area contributed by atoms with Crippen molar-refractivity contribution in [2.75, 3.05) is 20.5 Å². The van der Waals surface area contributed by atoms with Crippen LogP contribution < -0.4 is 0 Å². The number of methoxy groups -OCH3 is 1. The summed E-state index contributed by atoms with van der Waals surface area (Å²) in [6.45, 7) is 1.08. The molecule has 0 spiro atoms. The van der Waals surface area contributed by atoms with Crippen LogP contribution in [0.25, 0.3) is 0 Å². The second kappa shape index (κ2) is 5.75. The highest BCUT2D eigenvalue weighted by molar-refractivity contribution is 5.13. The Balaban J connectivity index is 2.16. The van der Waals surface area contributed by atoms with Crippen LogP contribution in [0.1, 0.15) is 5.56 Å². The summed E-state index contributed by atoms with van der Waals surface area (Å²) < 4.78 is 9.91. The van der Waals surface area contributed by atoms with Crippen molar-refractivity contribution in [1.29, 1.82) is 0 Å². The van der Waals surface area contributed by atoms with Crippen molar-refractivity contribution in [3.8, 4) is 0 Å². The molecular formula is C10H13O2. The van der Waals surface area contributed by atoms with E-state index in [0.717, 1.165) is 6.42 Å². The Morgan fingerprint density at radius 1 is 1.33 bits per heavy atom. The zero-order valence-corrected chi connectivity index (χ0v) is 7.25. The highest BCUT2D eigenvalue weighted by atomic mass is 16.7. The van der Waals surface area contributed by atoms with E-state index in [2.05, 4.69) is 6.07 Å². The van der Waals surface area contributed by atoms with Crippen molar-refractivity contribution >= 4 is 0 Å². The van der Waals surface area contributed by atoms with Crippen LogP contribution >= 0.6 is 0 Å². The first kappa shape index (κ1) is 9.23. The third kappa shape index (κ3) is 3.51. The topological polar surface area (TPSA) is 18.5 Å². The van der Waals surface area contributed by atoms with E-state index in [1.165, 1.54) is 5.56 Å². The zero-order chi connectivity index (χ0) is 8.65. The molecule has 1 radical (unpaired) electrons. The Bertz CT molecular complexity index is 196. The molecule has 0 aliphatic heterocycles. The van der Waals surface area contributed by atoms with Crippen molar-refractivity contribution in [3.63, 3.8) is 0 Å². The van der Waals surface area contributed by atoms with Gasteiger partial charge in [0.1, 0.15) is 6.79 Å². The maximum Gasteiger partial charge on any atom is 0.146 e. The van der Waals surface area contributed by atoms with Crippen molar-refractivity contribution in [3.05, 3.63) is 35.9 Å². The Kier molecular flexibility index (Phi) is 4.42. The maximum absolute atomic E-state index is 5.15. The molecule has 0 heterocycles. The minimum atomic E-state index is 0.374. The Morgan fingerprint density at radius 3 is 2.75 bits per heavy atom. The molecule has 0 amide bonds. The molecule has 12 heavy (non-hydrogen) atoms. The van der Waals surface area contributed by atoms with Crippen molar-refractivity contribution in [1.82, 2.24) is 0 Å². The molecule has 1 aromatic carbocycles. The van der Waals surface area contributed by atoms with Crippen LogP contribution in [0.5, 0.6) is 0 Å². The van der Waals surface area contributed by atoms with Gasteiger partial charge in [-0.1, -0.05) is 24.3 Å². The van der Waals surface area contributed by atoms with Crippen LogP contribution in [-0.2, 0) is 15.9 Å². The van der Waals surface area contributed by atoms with Gasteiger partial charge in [0.25, 0.3) is 0 Å². The molecule has 0 saturated carbocycles. The third-order valence-electron chi connectivity index (χ3n) is 1.52. The first-order valence-corrected chi connectivity index (χ1v) is 3.95. The lowest BCUT2D eigenvalue weighted by Crippen LogP contribution is -2.01. The number of benzene rings is 1. The molecule has 0 saturated heterocycles. The molecule has 2 heteroatoms. The summed E-state index contributed by atoms with van der Waals surface area (Å²) in [6, 6.07) is 10.9. The molecule has 0 unspecified atom stereocenters. The second-order valence-electron chi connectivity index (χ2n) is 2.47. The van der Waals surface area contributed by atoms with Crippen LogP contribution in [0.2, 0.25) is 0 Å². The number of ether oxygens (including phenoxy) is 2. The standard InChI is InChI=1S/C10H13O2/c1-11-9-12-8-7-10-5-3-2-4-6-10/h3-6H,7-9H2,1H3. The summed E-state index contributed by atoms with van der Waals surface area (Å²) in [5.74, 6) is 0. The lowest BCUT2D eigenvalue weighted by atomic mass is 10.2. The monoisotopic (exact) mass is 165 g/mol. The van der Waals surface area contributed by atoms with Gasteiger partial charge in [0.2, 0.25) is 0 Å². The third-order valence-corrected chi connectivity index (χ3v) is 1.52. The average molecular weight is 165 g/mol. The van der Waals surface area contributed by atoms with Gasteiger partial charge in [-0.05, 0) is 18.1 Å². The summed E-state index contributed by atoms with van der Waals surface area (Å²) in [6.07, 6.45) is 0.929. The first-order chi connectivity index (χ1) is 5.93. The lowest BCUT2D eigenvalue weighted by molar-refractivity contribution is -0.0291. The Morgan fingerprint density at radius 2 is 2.08 bits per heavy atom. The normalized spacial score (nSPS) is 10.1. The van der Waals surface area contributed by atoms with E-state index in [0.29, 0.717) is 13.4 Å². The minimum Gasteiger partial charge on any atom is -0.359 e. The molecule has 1 aromatic rings. The van der Waals surface area contributed by atoms with Gasteiger partial charge in [-0.25, -0.2) is 0 Å². The van der Waals surface area contributed by atoms with E-state index in [9.17, 15) is 0 Å².